The second kappa shape index (κ2) is 14.8. The first kappa shape index (κ1) is 36.0. The molecular formula is C40H45N3O7Si. The van der Waals surface area contributed by atoms with Crippen molar-refractivity contribution in [1.29, 1.82) is 0 Å². The molecule has 4 aromatic carbocycles. The van der Waals surface area contributed by atoms with Gasteiger partial charge in [-0.05, 0) is 66.7 Å². The summed E-state index contributed by atoms with van der Waals surface area (Å²) in [7, 11) is -1.42. The topological polar surface area (TPSA) is 129 Å². The number of benzene rings is 4. The third-order valence-electron chi connectivity index (χ3n) is 10.1. The van der Waals surface area contributed by atoms with Crippen molar-refractivity contribution in [2.24, 2.45) is 5.92 Å². The first-order chi connectivity index (χ1) is 24.5. The number of anilines is 2. The van der Waals surface area contributed by atoms with Gasteiger partial charge >= 0.3 is 0 Å². The number of aliphatic hydroxyl groups excluding tert-OH is 1. The number of ether oxygens (including phenoxy) is 2. The first-order valence-corrected chi connectivity index (χ1v) is 20.3. The maximum Gasteiger partial charge on any atom is 0.264 e. The maximum atomic E-state index is 14.7. The van der Waals surface area contributed by atoms with Crippen molar-refractivity contribution in [3.63, 3.8) is 0 Å². The van der Waals surface area contributed by atoms with Crippen molar-refractivity contribution in [3.8, 4) is 5.75 Å². The molecule has 3 amide bonds. The minimum Gasteiger partial charge on any atom is -0.497 e. The third kappa shape index (κ3) is 7.20. The SMILES string of the molecule is COc1ccc(C(=O)Nc2ccc(CN3C(=O)[C@]4(O[C@H](CC(=O)N(CCO)Cc5ccccc5)[C@@H]([Si](C)(C)O)[C@@H]4C)c4ccccc43)cc2)cc1. The van der Waals surface area contributed by atoms with Crippen LogP contribution < -0.4 is 15.0 Å². The van der Waals surface area contributed by atoms with Gasteiger partial charge in [-0.2, -0.15) is 0 Å². The van der Waals surface area contributed by atoms with Crippen molar-refractivity contribution in [3.05, 3.63) is 125 Å². The highest BCUT2D eigenvalue weighted by Crippen LogP contribution is 2.59. The molecule has 4 atom stereocenters. The zero-order valence-corrected chi connectivity index (χ0v) is 30.4. The number of hydrogen-bond acceptors (Lipinski definition) is 7. The smallest absolute Gasteiger partial charge is 0.264 e. The largest absolute Gasteiger partial charge is 0.497 e. The van der Waals surface area contributed by atoms with Gasteiger partial charge in [0.25, 0.3) is 11.8 Å². The van der Waals surface area contributed by atoms with Crippen molar-refractivity contribution >= 4 is 37.4 Å². The highest BCUT2D eigenvalue weighted by Gasteiger charge is 2.66. The van der Waals surface area contributed by atoms with Crippen LogP contribution in [0, 0.1) is 5.92 Å². The molecule has 1 spiro atoms. The van der Waals surface area contributed by atoms with Crippen LogP contribution in [0.4, 0.5) is 11.4 Å². The van der Waals surface area contributed by atoms with Crippen molar-refractivity contribution < 1.29 is 33.8 Å². The van der Waals surface area contributed by atoms with Crippen LogP contribution >= 0.6 is 0 Å². The number of nitrogens with one attached hydrogen (secondary N) is 1. The Kier molecular flexibility index (Phi) is 10.5. The predicted molar refractivity (Wildman–Crippen MR) is 198 cm³/mol. The number of methoxy groups -OCH3 is 1. The van der Waals surface area contributed by atoms with E-state index in [1.54, 1.807) is 53.3 Å². The molecule has 0 unspecified atom stereocenters. The summed E-state index contributed by atoms with van der Waals surface area (Å²) in [6, 6.07) is 31.4. The van der Waals surface area contributed by atoms with Crippen LogP contribution in [0.15, 0.2) is 103 Å². The molecule has 0 aliphatic carbocycles. The average molecular weight is 708 g/mol. The number of amides is 3. The van der Waals surface area contributed by atoms with Gasteiger partial charge in [0.05, 0.1) is 38.5 Å². The molecule has 10 nitrogen and oxygen atoms in total. The predicted octanol–water partition coefficient (Wildman–Crippen LogP) is 5.70. The second-order valence-electron chi connectivity index (χ2n) is 13.9. The third-order valence-corrected chi connectivity index (χ3v) is 12.6. The molecule has 0 bridgehead atoms. The van der Waals surface area contributed by atoms with Gasteiger partial charge in [-0.1, -0.05) is 67.6 Å². The zero-order valence-electron chi connectivity index (χ0n) is 29.4. The molecule has 1 fully saturated rings. The van der Waals surface area contributed by atoms with E-state index >= 15 is 0 Å². The van der Waals surface area contributed by atoms with E-state index in [0.717, 1.165) is 22.4 Å². The number of carbonyl (C=O) groups is 3. The summed E-state index contributed by atoms with van der Waals surface area (Å²) in [6.07, 6.45) is -0.735. The van der Waals surface area contributed by atoms with Crippen molar-refractivity contribution in [2.45, 2.75) is 56.8 Å². The monoisotopic (exact) mass is 707 g/mol. The Balaban J connectivity index is 1.23. The lowest BCUT2D eigenvalue weighted by Crippen LogP contribution is -2.46. The molecule has 6 rings (SSSR count). The maximum absolute atomic E-state index is 14.7. The van der Waals surface area contributed by atoms with E-state index in [1.807, 2.05) is 86.7 Å². The fourth-order valence-electron chi connectivity index (χ4n) is 7.73. The molecule has 11 heteroatoms. The van der Waals surface area contributed by atoms with Crippen LogP contribution in [0.5, 0.6) is 5.75 Å². The Morgan fingerprint density at radius 1 is 0.941 bits per heavy atom. The number of hydrogen-bond donors (Lipinski definition) is 3. The summed E-state index contributed by atoms with van der Waals surface area (Å²) in [5.41, 5.74) is 2.55. The highest BCUT2D eigenvalue weighted by molar-refractivity contribution is 6.71. The standard InChI is InChI=1S/C40H45N3O7Si/c1-27-37(51(3,4)48)35(24-36(45)42(22-23-44)25-28-10-6-5-7-11-28)50-40(27)33-12-8-9-13-34(33)43(39(40)47)26-29-14-18-31(19-15-29)41-38(46)30-16-20-32(49-2)21-17-30/h5-21,27,35,37,44,48H,22-26H2,1-4H3,(H,41,46)/t27-,35+,37-,40+/m0/s1. The summed E-state index contributed by atoms with van der Waals surface area (Å²) >= 11 is 0. The number of aliphatic hydroxyl groups is 1. The lowest BCUT2D eigenvalue weighted by atomic mass is 9.82. The van der Waals surface area contributed by atoms with Gasteiger partial charge in [0.15, 0.2) is 13.9 Å². The van der Waals surface area contributed by atoms with Gasteiger partial charge in [-0.15, -0.1) is 0 Å². The Labute approximate surface area is 299 Å². The van der Waals surface area contributed by atoms with Crippen LogP contribution in [0.1, 0.15) is 40.4 Å². The number of para-hydroxylation sites is 1. The summed E-state index contributed by atoms with van der Waals surface area (Å²) in [4.78, 5) is 56.4. The second-order valence-corrected chi connectivity index (χ2v) is 17.9. The number of carbonyl (C=O) groups excluding carboxylic acids is 3. The van der Waals surface area contributed by atoms with E-state index in [1.165, 1.54) is 0 Å². The van der Waals surface area contributed by atoms with E-state index in [0.29, 0.717) is 23.5 Å². The van der Waals surface area contributed by atoms with Gasteiger partial charge in [-0.25, -0.2) is 0 Å². The molecule has 0 aromatic heterocycles. The quantitative estimate of drug-likeness (QED) is 0.161. The summed E-state index contributed by atoms with van der Waals surface area (Å²) in [6.45, 7) is 6.18. The van der Waals surface area contributed by atoms with Gasteiger partial charge < -0.3 is 34.5 Å². The molecule has 4 aromatic rings. The Morgan fingerprint density at radius 3 is 2.25 bits per heavy atom. The molecule has 2 aliphatic rings. The minimum absolute atomic E-state index is 0.0280. The van der Waals surface area contributed by atoms with Gasteiger partial charge in [0.2, 0.25) is 5.91 Å². The highest BCUT2D eigenvalue weighted by atomic mass is 28.4. The number of fused-ring (bicyclic) bond motifs is 2. The van der Waals surface area contributed by atoms with Gasteiger partial charge in [0.1, 0.15) is 5.75 Å². The van der Waals surface area contributed by atoms with E-state index in [2.05, 4.69) is 5.32 Å². The Bertz CT molecular complexity index is 1860. The lowest BCUT2D eigenvalue weighted by Gasteiger charge is -2.32. The molecule has 2 aliphatic heterocycles. The molecule has 1 saturated heterocycles. The van der Waals surface area contributed by atoms with Crippen molar-refractivity contribution in [1.82, 2.24) is 4.90 Å². The first-order valence-electron chi connectivity index (χ1n) is 17.2. The summed E-state index contributed by atoms with van der Waals surface area (Å²) < 4.78 is 12.0. The average Bonchev–Trinajstić information content (AvgIpc) is 3.55. The normalized spacial score (nSPS) is 21.1. The summed E-state index contributed by atoms with van der Waals surface area (Å²) in [5, 5.41) is 12.7. The van der Waals surface area contributed by atoms with E-state index in [-0.39, 0.29) is 43.8 Å². The van der Waals surface area contributed by atoms with E-state index < -0.39 is 31.5 Å². The fourth-order valence-corrected chi connectivity index (χ4v) is 10.3. The molecule has 0 saturated carbocycles. The molecule has 2 heterocycles. The fraction of sp³-hybridized carbons (Fsp3) is 0.325. The van der Waals surface area contributed by atoms with Crippen LogP contribution in [0.2, 0.25) is 18.6 Å². The minimum atomic E-state index is -2.99. The molecule has 3 N–H and O–H groups in total. The molecule has 266 valence electrons. The summed E-state index contributed by atoms with van der Waals surface area (Å²) in [5.74, 6) is -0.446. The zero-order chi connectivity index (χ0) is 36.3. The van der Waals surface area contributed by atoms with Gasteiger partial charge in [-0.3, -0.25) is 14.4 Å². The van der Waals surface area contributed by atoms with Gasteiger partial charge in [0, 0.05) is 41.4 Å². The molecular weight excluding hydrogens is 663 g/mol. The number of nitrogens with zero attached hydrogens (tertiary/aromatic N) is 2. The van der Waals surface area contributed by atoms with Crippen LogP contribution in [0.25, 0.3) is 0 Å². The van der Waals surface area contributed by atoms with Crippen LogP contribution in [0.3, 0.4) is 0 Å². The van der Waals surface area contributed by atoms with Crippen LogP contribution in [-0.2, 0) is 33.0 Å². The van der Waals surface area contributed by atoms with Crippen LogP contribution in [-0.4, -0.2) is 67.2 Å². The molecule has 0 radical (unpaired) electrons. The number of rotatable bonds is 12. The van der Waals surface area contributed by atoms with Crippen molar-refractivity contribution in [2.75, 3.05) is 30.5 Å². The Morgan fingerprint density at radius 2 is 1.61 bits per heavy atom. The van der Waals surface area contributed by atoms with E-state index in [4.69, 9.17) is 9.47 Å². The lowest BCUT2D eigenvalue weighted by molar-refractivity contribution is -0.150. The molecule has 51 heavy (non-hydrogen) atoms. The Hall–Kier alpha value is -4.81. The van der Waals surface area contributed by atoms with E-state index in [9.17, 15) is 24.3 Å².